The van der Waals surface area contributed by atoms with Gasteiger partial charge < -0.3 is 14.8 Å². The maximum absolute atomic E-state index is 13.4. The quantitative estimate of drug-likeness (QED) is 0.767. The van der Waals surface area contributed by atoms with Crippen LogP contribution in [0.15, 0.2) is 36.1 Å². The number of nitrogens with one attached hydrogen (secondary N) is 1. The molecule has 0 unspecified atom stereocenters. The van der Waals surface area contributed by atoms with E-state index in [0.717, 1.165) is 37.2 Å². The molecule has 0 bridgehead atoms. The minimum absolute atomic E-state index is 0.0466. The van der Waals surface area contributed by atoms with Crippen LogP contribution in [0.25, 0.3) is 0 Å². The van der Waals surface area contributed by atoms with Crippen LogP contribution in [0.3, 0.4) is 0 Å². The van der Waals surface area contributed by atoms with Crippen LogP contribution >= 0.6 is 0 Å². The molecule has 0 amide bonds. The summed E-state index contributed by atoms with van der Waals surface area (Å²) in [7, 11) is 1.40. The molecule has 27 heavy (non-hydrogen) atoms. The molecule has 1 spiro atoms. The van der Waals surface area contributed by atoms with Gasteiger partial charge in [-0.15, -0.1) is 0 Å². The van der Waals surface area contributed by atoms with Crippen LogP contribution in [-0.4, -0.2) is 54.5 Å². The smallest absolute Gasteiger partial charge is 0.337 e. The van der Waals surface area contributed by atoms with Crippen molar-refractivity contribution in [3.63, 3.8) is 0 Å². The first-order valence-corrected chi connectivity index (χ1v) is 9.65. The highest BCUT2D eigenvalue weighted by atomic mass is 16.5. The summed E-state index contributed by atoms with van der Waals surface area (Å²) in [5.41, 5.74) is 1.73. The topological polar surface area (TPSA) is 67.9 Å². The molecule has 1 N–H and O–H groups in total. The molecule has 142 valence electrons. The summed E-state index contributed by atoms with van der Waals surface area (Å²) in [4.78, 5) is 28.1. The van der Waals surface area contributed by atoms with Crippen LogP contribution in [0, 0.1) is 11.8 Å². The number of fused-ring (bicyclic) bond motifs is 4. The average molecular weight is 368 g/mol. The Morgan fingerprint density at radius 1 is 1.37 bits per heavy atom. The molecule has 6 heteroatoms. The van der Waals surface area contributed by atoms with Gasteiger partial charge in [0, 0.05) is 42.2 Å². The Morgan fingerprint density at radius 2 is 2.19 bits per heavy atom. The lowest BCUT2D eigenvalue weighted by molar-refractivity contribution is -0.139. The van der Waals surface area contributed by atoms with Gasteiger partial charge in [-0.2, -0.15) is 0 Å². The summed E-state index contributed by atoms with van der Waals surface area (Å²) in [6, 6.07) is 7.83. The molecular weight excluding hydrogens is 344 g/mol. The summed E-state index contributed by atoms with van der Waals surface area (Å²) in [5, 5.41) is 3.57. The van der Waals surface area contributed by atoms with E-state index in [9.17, 15) is 9.59 Å². The normalized spacial score (nSPS) is 37.0. The molecular formula is C21H24N2O4. The third kappa shape index (κ3) is 2.22. The number of hydrogen-bond donors (Lipinski definition) is 1. The summed E-state index contributed by atoms with van der Waals surface area (Å²) in [6.45, 7) is 3.77. The number of rotatable bonds is 1. The van der Waals surface area contributed by atoms with Crippen molar-refractivity contribution in [2.75, 3.05) is 25.5 Å². The third-order valence-electron chi connectivity index (χ3n) is 7.01. The molecule has 2 fully saturated rings. The maximum Gasteiger partial charge on any atom is 0.337 e. The number of piperidine rings is 1. The minimum atomic E-state index is -0.586. The van der Waals surface area contributed by atoms with Gasteiger partial charge >= 0.3 is 5.97 Å². The van der Waals surface area contributed by atoms with Gasteiger partial charge in [-0.05, 0) is 31.9 Å². The second-order valence-corrected chi connectivity index (χ2v) is 8.14. The van der Waals surface area contributed by atoms with Gasteiger partial charge in [0.15, 0.2) is 5.78 Å². The van der Waals surface area contributed by atoms with E-state index in [1.807, 2.05) is 24.3 Å². The van der Waals surface area contributed by atoms with E-state index in [1.165, 1.54) is 7.11 Å². The first kappa shape index (κ1) is 16.8. The summed E-state index contributed by atoms with van der Waals surface area (Å²) in [5.74, 6) is 0.143. The van der Waals surface area contributed by atoms with Crippen molar-refractivity contribution in [1.82, 2.24) is 4.90 Å². The standard InChI is InChI=1S/C21H24N2O4/c1-12-15-10-23-8-7-21(19(24)13-5-3-4-6-17(13)22-21)18(23)9-14(15)16(11-27-12)20(25)26-2/h3-6,11-12,14-15,18,22H,7-10H2,1-2H3/t12-,14-,15-,18+,21+/m0/s1. The summed E-state index contributed by atoms with van der Waals surface area (Å²) in [6.07, 6.45) is 3.17. The molecule has 0 saturated carbocycles. The number of Topliss-reactive ketones (excluding diaryl/α,β-unsaturated/α-hetero) is 1. The van der Waals surface area contributed by atoms with E-state index in [-0.39, 0.29) is 35.7 Å². The van der Waals surface area contributed by atoms with Crippen molar-refractivity contribution in [3.8, 4) is 0 Å². The number of carbonyl (C=O) groups is 2. The number of para-hydroxylation sites is 1. The lowest BCUT2D eigenvalue weighted by atomic mass is 9.70. The maximum atomic E-state index is 13.4. The first-order valence-electron chi connectivity index (χ1n) is 9.65. The molecule has 4 aliphatic heterocycles. The molecule has 1 aromatic rings. The fraction of sp³-hybridized carbons (Fsp3) is 0.524. The van der Waals surface area contributed by atoms with Gasteiger partial charge in [-0.3, -0.25) is 9.69 Å². The Balaban J connectivity index is 1.50. The molecule has 0 aliphatic carbocycles. The number of hydrogen-bond acceptors (Lipinski definition) is 6. The zero-order valence-electron chi connectivity index (χ0n) is 15.6. The van der Waals surface area contributed by atoms with Crippen molar-refractivity contribution in [2.24, 2.45) is 11.8 Å². The van der Waals surface area contributed by atoms with Crippen molar-refractivity contribution >= 4 is 17.4 Å². The summed E-state index contributed by atoms with van der Waals surface area (Å²) < 4.78 is 10.7. The van der Waals surface area contributed by atoms with Crippen molar-refractivity contribution in [3.05, 3.63) is 41.7 Å². The van der Waals surface area contributed by atoms with Crippen molar-refractivity contribution < 1.29 is 19.1 Å². The van der Waals surface area contributed by atoms with Crippen LogP contribution in [0.1, 0.15) is 30.1 Å². The SMILES string of the molecule is COC(=O)C1=CO[C@@H](C)[C@@H]2CN3CC[C@@]4(Nc5ccccc5C4=O)[C@H]3C[C@H]12. The van der Waals surface area contributed by atoms with E-state index in [0.29, 0.717) is 5.57 Å². The Morgan fingerprint density at radius 3 is 2.96 bits per heavy atom. The molecule has 6 nitrogen and oxygen atoms in total. The largest absolute Gasteiger partial charge is 0.497 e. The fourth-order valence-corrected chi connectivity index (χ4v) is 5.59. The highest BCUT2D eigenvalue weighted by molar-refractivity contribution is 6.14. The van der Waals surface area contributed by atoms with Crippen LogP contribution in [-0.2, 0) is 14.3 Å². The lowest BCUT2D eigenvalue weighted by Gasteiger charge is -2.48. The number of ether oxygens (including phenoxy) is 2. The number of ketones is 1. The molecule has 4 heterocycles. The zero-order valence-corrected chi connectivity index (χ0v) is 15.6. The van der Waals surface area contributed by atoms with Gasteiger partial charge in [-0.1, -0.05) is 12.1 Å². The Kier molecular flexibility index (Phi) is 3.63. The predicted molar refractivity (Wildman–Crippen MR) is 99.3 cm³/mol. The number of methoxy groups -OCH3 is 1. The van der Waals surface area contributed by atoms with Gasteiger partial charge in [0.05, 0.1) is 25.0 Å². The van der Waals surface area contributed by atoms with Gasteiger partial charge in [0.2, 0.25) is 0 Å². The molecule has 1 aromatic carbocycles. The van der Waals surface area contributed by atoms with Crippen molar-refractivity contribution in [1.29, 1.82) is 0 Å². The molecule has 4 aliphatic rings. The fourth-order valence-electron chi connectivity index (χ4n) is 5.59. The number of anilines is 1. The van der Waals surface area contributed by atoms with Crippen LogP contribution in [0.5, 0.6) is 0 Å². The van der Waals surface area contributed by atoms with Gasteiger partial charge in [-0.25, -0.2) is 4.79 Å². The molecule has 0 aromatic heterocycles. The average Bonchev–Trinajstić information content (AvgIpc) is 3.19. The van der Waals surface area contributed by atoms with Crippen LogP contribution in [0.2, 0.25) is 0 Å². The molecule has 5 atom stereocenters. The first-order chi connectivity index (χ1) is 13.0. The number of carbonyl (C=O) groups excluding carboxylic acids is 2. The monoisotopic (exact) mass is 368 g/mol. The second-order valence-electron chi connectivity index (χ2n) is 8.14. The minimum Gasteiger partial charge on any atom is -0.497 e. The van der Waals surface area contributed by atoms with Crippen LogP contribution in [0.4, 0.5) is 5.69 Å². The number of esters is 1. The van der Waals surface area contributed by atoms with E-state index >= 15 is 0 Å². The van der Waals surface area contributed by atoms with Gasteiger partial charge in [0.25, 0.3) is 0 Å². The third-order valence-corrected chi connectivity index (χ3v) is 7.01. The Hall–Kier alpha value is -2.34. The lowest BCUT2D eigenvalue weighted by Crippen LogP contribution is -2.59. The number of nitrogens with zero attached hydrogens (tertiary/aromatic N) is 1. The van der Waals surface area contributed by atoms with E-state index < -0.39 is 5.54 Å². The molecule has 2 saturated heterocycles. The zero-order chi connectivity index (χ0) is 18.8. The highest BCUT2D eigenvalue weighted by Gasteiger charge is 2.60. The van der Waals surface area contributed by atoms with Crippen LogP contribution < -0.4 is 5.32 Å². The molecule has 5 rings (SSSR count). The van der Waals surface area contributed by atoms with E-state index in [2.05, 4.69) is 17.1 Å². The predicted octanol–water partition coefficient (Wildman–Crippen LogP) is 2.22. The Labute approximate surface area is 158 Å². The van der Waals surface area contributed by atoms with Gasteiger partial charge in [0.1, 0.15) is 5.54 Å². The summed E-state index contributed by atoms with van der Waals surface area (Å²) >= 11 is 0. The van der Waals surface area contributed by atoms with Crippen molar-refractivity contribution in [2.45, 2.75) is 37.5 Å². The Bertz CT molecular complexity index is 850. The number of benzene rings is 1. The second kappa shape index (κ2) is 5.83. The highest BCUT2D eigenvalue weighted by Crippen LogP contribution is 2.49. The van der Waals surface area contributed by atoms with E-state index in [4.69, 9.17) is 9.47 Å². The molecule has 0 radical (unpaired) electrons. The van der Waals surface area contributed by atoms with E-state index in [1.54, 1.807) is 6.26 Å².